The molecule has 1 unspecified atom stereocenters. The molecule has 1 saturated heterocycles. The van der Waals surface area contributed by atoms with E-state index in [0.29, 0.717) is 6.04 Å². The third-order valence-corrected chi connectivity index (χ3v) is 4.30. The number of hydrogen-bond donors (Lipinski definition) is 0. The molecule has 0 bridgehead atoms. The highest BCUT2D eigenvalue weighted by Crippen LogP contribution is 2.23. The molecule has 0 radical (unpaired) electrons. The highest BCUT2D eigenvalue weighted by atomic mass is 16.5. The fraction of sp³-hybridized carbons (Fsp3) is 0.579. The number of likely N-dealkylation sites (N-methyl/N-ethyl adjacent to an activating group) is 1. The van der Waals surface area contributed by atoms with Crippen molar-refractivity contribution in [1.82, 2.24) is 9.80 Å². The number of rotatable bonds is 6. The fourth-order valence-electron chi connectivity index (χ4n) is 2.94. The van der Waals surface area contributed by atoms with Crippen LogP contribution in [-0.2, 0) is 13.0 Å². The third kappa shape index (κ3) is 4.59. The number of piperazine rings is 1. The molecule has 1 atom stereocenters. The minimum atomic E-state index is 0.202. The van der Waals surface area contributed by atoms with E-state index in [9.17, 15) is 0 Å². The van der Waals surface area contributed by atoms with Gasteiger partial charge in [-0.3, -0.25) is 4.90 Å². The summed E-state index contributed by atoms with van der Waals surface area (Å²) in [4.78, 5) is 4.97. The van der Waals surface area contributed by atoms with Crippen molar-refractivity contribution in [2.45, 2.75) is 45.9 Å². The molecule has 22 heavy (non-hydrogen) atoms. The highest BCUT2D eigenvalue weighted by Gasteiger charge is 2.20. The van der Waals surface area contributed by atoms with Gasteiger partial charge in [-0.25, -0.2) is 0 Å². The molecule has 0 aliphatic carbocycles. The summed E-state index contributed by atoms with van der Waals surface area (Å²) in [5.41, 5.74) is 2.60. The second-order valence-electron chi connectivity index (χ2n) is 6.67. The lowest BCUT2D eigenvalue weighted by atomic mass is 10.1. The summed E-state index contributed by atoms with van der Waals surface area (Å²) < 4.78 is 5.91. The Morgan fingerprint density at radius 3 is 2.77 bits per heavy atom. The van der Waals surface area contributed by atoms with Crippen LogP contribution in [0.2, 0.25) is 0 Å². The van der Waals surface area contributed by atoms with Gasteiger partial charge in [-0.05, 0) is 51.4 Å². The topological polar surface area (TPSA) is 15.7 Å². The van der Waals surface area contributed by atoms with E-state index in [1.54, 1.807) is 0 Å². The zero-order valence-electron chi connectivity index (χ0n) is 14.5. The summed E-state index contributed by atoms with van der Waals surface area (Å²) in [6.07, 6.45) is 3.01. The standard InChI is InChI=1S/C19H30N2O/c1-6-7-18-12-17(8-9-19(18)22-15(2)3)14-21-11-10-20(5)16(4)13-21/h6,8-9,12,15-16H,1,7,10-11,13-14H2,2-5H3. The molecule has 1 aliphatic rings. The molecule has 0 saturated carbocycles. The van der Waals surface area contributed by atoms with E-state index in [1.807, 2.05) is 6.08 Å². The fourth-order valence-corrected chi connectivity index (χ4v) is 2.94. The highest BCUT2D eigenvalue weighted by molar-refractivity contribution is 5.38. The molecule has 3 heteroatoms. The number of hydrogen-bond acceptors (Lipinski definition) is 3. The van der Waals surface area contributed by atoms with Crippen molar-refractivity contribution in [3.63, 3.8) is 0 Å². The minimum absolute atomic E-state index is 0.202. The van der Waals surface area contributed by atoms with Gasteiger partial charge in [-0.1, -0.05) is 18.2 Å². The second-order valence-corrected chi connectivity index (χ2v) is 6.67. The monoisotopic (exact) mass is 302 g/mol. The van der Waals surface area contributed by atoms with E-state index in [-0.39, 0.29) is 6.10 Å². The van der Waals surface area contributed by atoms with E-state index >= 15 is 0 Å². The van der Waals surface area contributed by atoms with Crippen LogP contribution < -0.4 is 4.74 Å². The van der Waals surface area contributed by atoms with Gasteiger partial charge < -0.3 is 9.64 Å². The van der Waals surface area contributed by atoms with E-state index in [0.717, 1.165) is 38.3 Å². The summed E-state index contributed by atoms with van der Waals surface area (Å²) >= 11 is 0. The van der Waals surface area contributed by atoms with Crippen LogP contribution in [0.4, 0.5) is 0 Å². The van der Waals surface area contributed by atoms with Crippen LogP contribution >= 0.6 is 0 Å². The Bertz CT molecular complexity index is 498. The lowest BCUT2D eigenvalue weighted by Gasteiger charge is -2.37. The van der Waals surface area contributed by atoms with Crippen LogP contribution in [-0.4, -0.2) is 48.6 Å². The van der Waals surface area contributed by atoms with Crippen LogP contribution in [0.3, 0.4) is 0 Å². The summed E-state index contributed by atoms with van der Waals surface area (Å²) in [5.74, 6) is 0.991. The molecular formula is C19H30N2O. The van der Waals surface area contributed by atoms with Crippen molar-refractivity contribution in [1.29, 1.82) is 0 Å². The molecule has 0 N–H and O–H groups in total. The molecule has 1 heterocycles. The average molecular weight is 302 g/mol. The molecule has 2 rings (SSSR count). The first kappa shape index (κ1) is 17.0. The quantitative estimate of drug-likeness (QED) is 0.750. The molecule has 1 aromatic carbocycles. The predicted octanol–water partition coefficient (Wildman–Crippen LogP) is 3.34. The molecule has 1 fully saturated rings. The second kappa shape index (κ2) is 7.80. The van der Waals surface area contributed by atoms with Gasteiger partial charge in [0.15, 0.2) is 0 Å². The average Bonchev–Trinajstić information content (AvgIpc) is 2.45. The first-order valence-corrected chi connectivity index (χ1v) is 8.31. The molecule has 0 spiro atoms. The molecule has 0 amide bonds. The SMILES string of the molecule is C=CCc1cc(CN2CCN(C)C(C)C2)ccc1OC(C)C. The number of ether oxygens (including phenoxy) is 1. The molecule has 1 aliphatic heterocycles. The summed E-state index contributed by atoms with van der Waals surface area (Å²) in [6, 6.07) is 7.23. The first-order valence-electron chi connectivity index (χ1n) is 8.31. The maximum atomic E-state index is 5.91. The van der Waals surface area contributed by atoms with Crippen LogP contribution in [0.25, 0.3) is 0 Å². The Morgan fingerprint density at radius 2 is 2.14 bits per heavy atom. The van der Waals surface area contributed by atoms with E-state index in [1.165, 1.54) is 11.1 Å². The van der Waals surface area contributed by atoms with Crippen LogP contribution in [0.1, 0.15) is 31.9 Å². The van der Waals surface area contributed by atoms with Gasteiger partial charge in [0, 0.05) is 32.2 Å². The Hall–Kier alpha value is -1.32. The Balaban J connectivity index is 2.08. The zero-order valence-corrected chi connectivity index (χ0v) is 14.5. The van der Waals surface area contributed by atoms with E-state index in [2.05, 4.69) is 62.4 Å². The number of benzene rings is 1. The van der Waals surface area contributed by atoms with E-state index < -0.39 is 0 Å². The largest absolute Gasteiger partial charge is 0.491 e. The minimum Gasteiger partial charge on any atom is -0.491 e. The Kier molecular flexibility index (Phi) is 6.04. The van der Waals surface area contributed by atoms with Gasteiger partial charge in [0.05, 0.1) is 6.10 Å². The summed E-state index contributed by atoms with van der Waals surface area (Å²) in [7, 11) is 2.21. The molecule has 0 aromatic heterocycles. The summed E-state index contributed by atoms with van der Waals surface area (Å²) in [5, 5.41) is 0. The number of allylic oxidation sites excluding steroid dienone is 1. The van der Waals surface area contributed by atoms with Crippen LogP contribution in [0, 0.1) is 0 Å². The lowest BCUT2D eigenvalue weighted by Crippen LogP contribution is -2.49. The maximum absolute atomic E-state index is 5.91. The van der Waals surface area contributed by atoms with Gasteiger partial charge in [-0.15, -0.1) is 6.58 Å². The molecule has 122 valence electrons. The van der Waals surface area contributed by atoms with Crippen molar-refractivity contribution in [3.8, 4) is 5.75 Å². The maximum Gasteiger partial charge on any atom is 0.123 e. The van der Waals surface area contributed by atoms with E-state index in [4.69, 9.17) is 4.74 Å². The van der Waals surface area contributed by atoms with Gasteiger partial charge in [0.1, 0.15) is 5.75 Å². The van der Waals surface area contributed by atoms with Crippen molar-refractivity contribution < 1.29 is 4.74 Å². The lowest BCUT2D eigenvalue weighted by molar-refractivity contribution is 0.0999. The Labute approximate surface area is 135 Å². The van der Waals surface area contributed by atoms with Gasteiger partial charge >= 0.3 is 0 Å². The molecule has 3 nitrogen and oxygen atoms in total. The van der Waals surface area contributed by atoms with Crippen molar-refractivity contribution in [2.24, 2.45) is 0 Å². The van der Waals surface area contributed by atoms with Crippen molar-refractivity contribution in [3.05, 3.63) is 42.0 Å². The van der Waals surface area contributed by atoms with Gasteiger partial charge in [0.25, 0.3) is 0 Å². The zero-order chi connectivity index (χ0) is 16.1. The summed E-state index contributed by atoms with van der Waals surface area (Å²) in [6.45, 7) is 14.7. The molecular weight excluding hydrogens is 272 g/mol. The molecule has 1 aromatic rings. The van der Waals surface area contributed by atoms with Crippen LogP contribution in [0.5, 0.6) is 5.75 Å². The Morgan fingerprint density at radius 1 is 1.36 bits per heavy atom. The normalized spacial score (nSPS) is 20.3. The predicted molar refractivity (Wildman–Crippen MR) is 93.5 cm³/mol. The first-order chi connectivity index (χ1) is 10.5. The van der Waals surface area contributed by atoms with Gasteiger partial charge in [0.2, 0.25) is 0 Å². The van der Waals surface area contributed by atoms with Crippen LogP contribution in [0.15, 0.2) is 30.9 Å². The third-order valence-electron chi connectivity index (χ3n) is 4.30. The smallest absolute Gasteiger partial charge is 0.123 e. The van der Waals surface area contributed by atoms with Crippen molar-refractivity contribution in [2.75, 3.05) is 26.7 Å². The van der Waals surface area contributed by atoms with Crippen molar-refractivity contribution >= 4 is 0 Å². The van der Waals surface area contributed by atoms with Gasteiger partial charge in [-0.2, -0.15) is 0 Å². The number of nitrogens with zero attached hydrogens (tertiary/aromatic N) is 2.